The number of nitrogens with zero attached hydrogens (tertiary/aromatic N) is 3. The molecular weight excluding hydrogens is 242 g/mol. The number of rotatable bonds is 3. The van der Waals surface area contributed by atoms with Gasteiger partial charge in [0.1, 0.15) is 18.2 Å². The largest absolute Gasteiger partial charge is 0.399 e. The second kappa shape index (κ2) is 5.09. The summed E-state index contributed by atoms with van der Waals surface area (Å²) in [7, 11) is 0. The minimum Gasteiger partial charge on any atom is -0.399 e. The van der Waals surface area contributed by atoms with Gasteiger partial charge in [-0.05, 0) is 44.5 Å². The van der Waals surface area contributed by atoms with E-state index in [1.807, 2.05) is 19.9 Å². The molecule has 6 nitrogen and oxygen atoms in total. The van der Waals surface area contributed by atoms with Crippen molar-refractivity contribution in [1.82, 2.24) is 14.8 Å². The van der Waals surface area contributed by atoms with E-state index in [0.29, 0.717) is 11.5 Å². The van der Waals surface area contributed by atoms with Gasteiger partial charge in [0.15, 0.2) is 0 Å². The van der Waals surface area contributed by atoms with Crippen molar-refractivity contribution in [1.29, 1.82) is 0 Å². The van der Waals surface area contributed by atoms with E-state index in [2.05, 4.69) is 15.4 Å². The van der Waals surface area contributed by atoms with Crippen molar-refractivity contribution in [3.8, 4) is 0 Å². The molecule has 1 heterocycles. The first-order valence-corrected chi connectivity index (χ1v) is 6.00. The third-order valence-corrected chi connectivity index (χ3v) is 2.78. The Kier molecular flexibility index (Phi) is 3.50. The Morgan fingerprint density at radius 3 is 2.68 bits per heavy atom. The molecule has 1 aromatic heterocycles. The molecule has 2 rings (SSSR count). The van der Waals surface area contributed by atoms with Gasteiger partial charge in [0.05, 0.1) is 0 Å². The number of anilines is 2. The average molecular weight is 259 g/mol. The van der Waals surface area contributed by atoms with Crippen molar-refractivity contribution in [2.75, 3.05) is 11.1 Å². The molecule has 19 heavy (non-hydrogen) atoms. The Hall–Kier alpha value is -2.37. The minimum absolute atomic E-state index is 0.138. The zero-order valence-electron chi connectivity index (χ0n) is 11.3. The van der Waals surface area contributed by atoms with Crippen LogP contribution in [0.4, 0.5) is 11.4 Å². The number of hydrogen-bond donors (Lipinski definition) is 2. The van der Waals surface area contributed by atoms with Crippen LogP contribution < -0.4 is 11.1 Å². The van der Waals surface area contributed by atoms with Gasteiger partial charge >= 0.3 is 0 Å². The minimum atomic E-state index is -0.138. The molecule has 6 heteroatoms. The molecule has 0 fully saturated rings. The first kappa shape index (κ1) is 13.1. The van der Waals surface area contributed by atoms with E-state index < -0.39 is 0 Å². The van der Waals surface area contributed by atoms with Gasteiger partial charge in [0, 0.05) is 11.4 Å². The number of carbonyl (C=O) groups is 1. The monoisotopic (exact) mass is 259 g/mol. The van der Waals surface area contributed by atoms with Crippen LogP contribution in [0.2, 0.25) is 0 Å². The highest BCUT2D eigenvalue weighted by Crippen LogP contribution is 2.17. The highest BCUT2D eigenvalue weighted by Gasteiger charge is 2.09. The standard InChI is InChI=1S/C13H17N5O/c1-8-6-11(14)4-5-12(8)16-13(19)7-18-10(3)15-9(2)17-18/h4-6H,7,14H2,1-3H3,(H,16,19). The van der Waals surface area contributed by atoms with Gasteiger partial charge in [-0.15, -0.1) is 0 Å². The van der Waals surface area contributed by atoms with Gasteiger partial charge in [-0.3, -0.25) is 4.79 Å². The highest BCUT2D eigenvalue weighted by molar-refractivity contribution is 5.91. The Bertz CT molecular complexity index is 617. The average Bonchev–Trinajstić information content (AvgIpc) is 2.61. The number of amides is 1. The van der Waals surface area contributed by atoms with E-state index in [9.17, 15) is 4.79 Å². The molecule has 0 aliphatic rings. The van der Waals surface area contributed by atoms with Crippen molar-refractivity contribution >= 4 is 17.3 Å². The number of nitrogens with two attached hydrogens (primary N) is 1. The van der Waals surface area contributed by atoms with E-state index in [1.165, 1.54) is 0 Å². The molecule has 0 spiro atoms. The maximum absolute atomic E-state index is 11.9. The van der Waals surface area contributed by atoms with Gasteiger partial charge in [-0.1, -0.05) is 0 Å². The Morgan fingerprint density at radius 2 is 2.11 bits per heavy atom. The van der Waals surface area contributed by atoms with Crippen LogP contribution in [0, 0.1) is 20.8 Å². The van der Waals surface area contributed by atoms with E-state index >= 15 is 0 Å². The molecule has 0 aliphatic heterocycles. The van der Waals surface area contributed by atoms with E-state index in [1.54, 1.807) is 23.7 Å². The van der Waals surface area contributed by atoms with Gasteiger partial charge < -0.3 is 11.1 Å². The lowest BCUT2D eigenvalue weighted by Crippen LogP contribution is -2.20. The summed E-state index contributed by atoms with van der Waals surface area (Å²) in [5.41, 5.74) is 8.04. The molecule has 100 valence electrons. The lowest BCUT2D eigenvalue weighted by atomic mass is 10.2. The molecule has 3 N–H and O–H groups in total. The summed E-state index contributed by atoms with van der Waals surface area (Å²) in [6, 6.07) is 5.37. The second-order valence-corrected chi connectivity index (χ2v) is 4.49. The topological polar surface area (TPSA) is 85.8 Å². The molecule has 0 saturated carbocycles. The van der Waals surface area contributed by atoms with Crippen LogP contribution in [0.5, 0.6) is 0 Å². The smallest absolute Gasteiger partial charge is 0.246 e. The van der Waals surface area contributed by atoms with E-state index in [-0.39, 0.29) is 12.5 Å². The SMILES string of the molecule is Cc1nc(C)n(CC(=O)Nc2ccc(N)cc2C)n1. The normalized spacial score (nSPS) is 10.5. The number of hydrogen-bond acceptors (Lipinski definition) is 4. The van der Waals surface area contributed by atoms with Crippen LogP contribution in [-0.4, -0.2) is 20.7 Å². The summed E-state index contributed by atoms with van der Waals surface area (Å²) >= 11 is 0. The van der Waals surface area contributed by atoms with E-state index in [4.69, 9.17) is 5.73 Å². The molecule has 0 aliphatic carbocycles. The quantitative estimate of drug-likeness (QED) is 0.816. The first-order chi connectivity index (χ1) is 8.95. The highest BCUT2D eigenvalue weighted by atomic mass is 16.2. The third-order valence-electron chi connectivity index (χ3n) is 2.78. The molecule has 0 bridgehead atoms. The molecular formula is C13H17N5O. The van der Waals surface area contributed by atoms with E-state index in [0.717, 1.165) is 17.1 Å². The fourth-order valence-corrected chi connectivity index (χ4v) is 1.86. The predicted octanol–water partition coefficient (Wildman–Crippen LogP) is 1.42. The fraction of sp³-hybridized carbons (Fsp3) is 0.308. The van der Waals surface area contributed by atoms with Crippen LogP contribution in [-0.2, 0) is 11.3 Å². The molecule has 0 saturated heterocycles. The summed E-state index contributed by atoms with van der Waals surface area (Å²) in [6.45, 7) is 5.67. The molecule has 1 aromatic carbocycles. The molecule has 1 amide bonds. The maximum Gasteiger partial charge on any atom is 0.246 e. The molecule has 2 aromatic rings. The van der Waals surface area contributed by atoms with Gasteiger partial charge in [0.25, 0.3) is 0 Å². The lowest BCUT2D eigenvalue weighted by Gasteiger charge is -2.09. The lowest BCUT2D eigenvalue weighted by molar-refractivity contribution is -0.116. The molecule has 0 unspecified atom stereocenters. The molecule has 0 radical (unpaired) electrons. The summed E-state index contributed by atoms with van der Waals surface area (Å²) in [6.07, 6.45) is 0. The number of benzene rings is 1. The van der Waals surface area contributed by atoms with Crippen molar-refractivity contribution in [2.24, 2.45) is 0 Å². The van der Waals surface area contributed by atoms with Crippen molar-refractivity contribution in [2.45, 2.75) is 27.3 Å². The van der Waals surface area contributed by atoms with Crippen LogP contribution in [0.25, 0.3) is 0 Å². The third kappa shape index (κ3) is 3.09. The van der Waals surface area contributed by atoms with Gasteiger partial charge in [-0.2, -0.15) is 5.10 Å². The van der Waals surface area contributed by atoms with Crippen LogP contribution >= 0.6 is 0 Å². The maximum atomic E-state index is 11.9. The molecule has 0 atom stereocenters. The van der Waals surface area contributed by atoms with Crippen molar-refractivity contribution in [3.05, 3.63) is 35.4 Å². The van der Waals surface area contributed by atoms with Crippen molar-refractivity contribution < 1.29 is 4.79 Å². The van der Waals surface area contributed by atoms with Gasteiger partial charge in [-0.25, -0.2) is 9.67 Å². The Labute approximate surface area is 111 Å². The Morgan fingerprint density at radius 1 is 1.37 bits per heavy atom. The predicted molar refractivity (Wildman–Crippen MR) is 73.7 cm³/mol. The number of nitrogens with one attached hydrogen (secondary N) is 1. The summed E-state index contributed by atoms with van der Waals surface area (Å²) in [5, 5.41) is 6.99. The number of nitrogen functional groups attached to an aromatic ring is 1. The zero-order valence-corrected chi connectivity index (χ0v) is 11.3. The van der Waals surface area contributed by atoms with Crippen LogP contribution in [0.15, 0.2) is 18.2 Å². The zero-order chi connectivity index (χ0) is 14.0. The number of aryl methyl sites for hydroxylation is 3. The van der Waals surface area contributed by atoms with Crippen LogP contribution in [0.3, 0.4) is 0 Å². The fourth-order valence-electron chi connectivity index (χ4n) is 1.86. The second-order valence-electron chi connectivity index (χ2n) is 4.49. The van der Waals surface area contributed by atoms with Crippen molar-refractivity contribution in [3.63, 3.8) is 0 Å². The van der Waals surface area contributed by atoms with Crippen LogP contribution in [0.1, 0.15) is 17.2 Å². The Balaban J connectivity index is 2.07. The first-order valence-electron chi connectivity index (χ1n) is 6.00. The summed E-state index contributed by atoms with van der Waals surface area (Å²) in [4.78, 5) is 16.1. The summed E-state index contributed by atoms with van der Waals surface area (Å²) in [5.74, 6) is 1.25. The number of carbonyl (C=O) groups excluding carboxylic acids is 1. The summed E-state index contributed by atoms with van der Waals surface area (Å²) < 4.78 is 1.58. The number of aromatic nitrogens is 3. The van der Waals surface area contributed by atoms with Gasteiger partial charge in [0.2, 0.25) is 5.91 Å².